The lowest BCUT2D eigenvalue weighted by molar-refractivity contribution is -0.667. The Hall–Kier alpha value is -1.63. The molecule has 1 heteroatoms. The van der Waals surface area contributed by atoms with Gasteiger partial charge in [-0.2, -0.15) is 4.57 Å². The Kier molecular flexibility index (Phi) is 3.01. The van der Waals surface area contributed by atoms with E-state index in [9.17, 15) is 0 Å². The molecule has 2 rings (SSSR count). The van der Waals surface area contributed by atoms with E-state index in [2.05, 4.69) is 69.6 Å². The smallest absolute Gasteiger partial charge is 0.198 e. The van der Waals surface area contributed by atoms with Gasteiger partial charge < -0.3 is 0 Å². The second-order valence-corrected chi connectivity index (χ2v) is 4.83. The van der Waals surface area contributed by atoms with E-state index in [1.165, 1.54) is 33.6 Å². The lowest BCUT2D eigenvalue weighted by atomic mass is 9.96. The minimum Gasteiger partial charge on any atom is -0.198 e. The number of pyridine rings is 1. The Morgan fingerprint density at radius 2 is 1.35 bits per heavy atom. The largest absolute Gasteiger partial charge is 0.215 e. The predicted molar refractivity (Wildman–Crippen MR) is 72.0 cm³/mol. The van der Waals surface area contributed by atoms with Crippen molar-refractivity contribution >= 4 is 0 Å². The molecule has 0 bridgehead atoms. The SMILES string of the molecule is Cc1cccc(C)c1-c1c(C)ccc(C)[n+]1C. The second-order valence-electron chi connectivity index (χ2n) is 4.83. The van der Waals surface area contributed by atoms with Gasteiger partial charge >= 0.3 is 0 Å². The van der Waals surface area contributed by atoms with Gasteiger partial charge in [0, 0.05) is 18.6 Å². The Bertz CT molecular complexity index is 548. The minimum atomic E-state index is 1.29. The van der Waals surface area contributed by atoms with Crippen LogP contribution in [0.3, 0.4) is 0 Å². The summed E-state index contributed by atoms with van der Waals surface area (Å²) < 4.78 is 2.28. The van der Waals surface area contributed by atoms with E-state index >= 15 is 0 Å². The van der Waals surface area contributed by atoms with Crippen LogP contribution in [-0.4, -0.2) is 0 Å². The zero-order valence-corrected chi connectivity index (χ0v) is 11.3. The van der Waals surface area contributed by atoms with Crippen LogP contribution in [0.4, 0.5) is 0 Å². The molecule has 0 aliphatic rings. The van der Waals surface area contributed by atoms with Crippen molar-refractivity contribution < 1.29 is 4.57 Å². The number of aromatic nitrogens is 1. The van der Waals surface area contributed by atoms with Gasteiger partial charge in [-0.3, -0.25) is 0 Å². The molecule has 0 aliphatic carbocycles. The summed E-state index contributed by atoms with van der Waals surface area (Å²) in [6, 6.07) is 10.9. The van der Waals surface area contributed by atoms with Crippen LogP contribution in [0.2, 0.25) is 0 Å². The van der Waals surface area contributed by atoms with E-state index in [1.807, 2.05) is 0 Å². The summed E-state index contributed by atoms with van der Waals surface area (Å²) in [6.07, 6.45) is 0. The average molecular weight is 226 g/mol. The van der Waals surface area contributed by atoms with Crippen molar-refractivity contribution in [3.05, 3.63) is 52.7 Å². The Morgan fingerprint density at radius 3 is 1.94 bits per heavy atom. The van der Waals surface area contributed by atoms with Crippen molar-refractivity contribution in [3.8, 4) is 11.3 Å². The monoisotopic (exact) mass is 226 g/mol. The fraction of sp³-hybridized carbons (Fsp3) is 0.312. The molecule has 1 nitrogen and oxygen atoms in total. The highest BCUT2D eigenvalue weighted by Gasteiger charge is 2.18. The molecule has 0 spiro atoms. The first-order valence-corrected chi connectivity index (χ1v) is 6.05. The van der Waals surface area contributed by atoms with Crippen molar-refractivity contribution in [1.82, 2.24) is 0 Å². The molecular formula is C16H20N+. The first-order valence-electron chi connectivity index (χ1n) is 6.05. The van der Waals surface area contributed by atoms with Crippen LogP contribution in [0.1, 0.15) is 22.4 Å². The third-order valence-corrected chi connectivity index (χ3v) is 3.53. The first-order chi connectivity index (χ1) is 8.02. The molecule has 2 aromatic rings. The van der Waals surface area contributed by atoms with Crippen molar-refractivity contribution in [2.75, 3.05) is 0 Å². The zero-order chi connectivity index (χ0) is 12.6. The quantitative estimate of drug-likeness (QED) is 0.656. The van der Waals surface area contributed by atoms with Crippen LogP contribution in [-0.2, 0) is 7.05 Å². The molecule has 0 radical (unpaired) electrons. The maximum absolute atomic E-state index is 2.28. The Balaban J connectivity index is 2.82. The van der Waals surface area contributed by atoms with Crippen LogP contribution >= 0.6 is 0 Å². The van der Waals surface area contributed by atoms with Crippen molar-refractivity contribution in [2.45, 2.75) is 27.7 Å². The molecule has 88 valence electrons. The van der Waals surface area contributed by atoms with E-state index in [0.29, 0.717) is 0 Å². The highest BCUT2D eigenvalue weighted by Crippen LogP contribution is 2.26. The number of rotatable bonds is 1. The maximum Gasteiger partial charge on any atom is 0.215 e. The van der Waals surface area contributed by atoms with Gasteiger partial charge in [0.15, 0.2) is 5.69 Å². The molecular weight excluding hydrogens is 206 g/mol. The van der Waals surface area contributed by atoms with E-state index in [-0.39, 0.29) is 0 Å². The van der Waals surface area contributed by atoms with Crippen LogP contribution in [0, 0.1) is 27.7 Å². The van der Waals surface area contributed by atoms with E-state index in [0.717, 1.165) is 0 Å². The predicted octanol–water partition coefficient (Wildman–Crippen LogP) is 3.41. The molecule has 0 amide bonds. The molecule has 0 unspecified atom stereocenters. The number of hydrogen-bond acceptors (Lipinski definition) is 0. The molecule has 0 fully saturated rings. The van der Waals surface area contributed by atoms with Crippen LogP contribution in [0.25, 0.3) is 11.3 Å². The minimum absolute atomic E-state index is 1.29. The molecule has 1 aromatic carbocycles. The Morgan fingerprint density at radius 1 is 0.765 bits per heavy atom. The lowest BCUT2D eigenvalue weighted by Gasteiger charge is -2.11. The highest BCUT2D eigenvalue weighted by molar-refractivity contribution is 5.67. The summed E-state index contributed by atoms with van der Waals surface area (Å²) in [4.78, 5) is 0. The molecule has 0 saturated heterocycles. The standard InChI is InChI=1S/C16H20N/c1-11-7-6-8-12(2)15(11)16-13(3)9-10-14(4)17(16)5/h6-10H,1-5H3/q+1. The van der Waals surface area contributed by atoms with Gasteiger partial charge in [-0.05, 0) is 38.0 Å². The van der Waals surface area contributed by atoms with E-state index in [1.54, 1.807) is 0 Å². The topological polar surface area (TPSA) is 3.88 Å². The van der Waals surface area contributed by atoms with Gasteiger partial charge in [-0.25, -0.2) is 0 Å². The Labute approximate surface area is 104 Å². The van der Waals surface area contributed by atoms with Crippen LogP contribution in [0.15, 0.2) is 30.3 Å². The van der Waals surface area contributed by atoms with Crippen molar-refractivity contribution in [3.63, 3.8) is 0 Å². The lowest BCUT2D eigenvalue weighted by Crippen LogP contribution is -2.35. The van der Waals surface area contributed by atoms with Crippen LogP contribution in [0.5, 0.6) is 0 Å². The normalized spacial score (nSPS) is 10.6. The number of nitrogens with zero attached hydrogens (tertiary/aromatic N) is 1. The molecule has 0 atom stereocenters. The zero-order valence-electron chi connectivity index (χ0n) is 11.3. The number of aryl methyl sites for hydroxylation is 4. The van der Waals surface area contributed by atoms with Crippen LogP contribution < -0.4 is 4.57 Å². The molecule has 0 aliphatic heterocycles. The van der Waals surface area contributed by atoms with E-state index < -0.39 is 0 Å². The molecule has 0 N–H and O–H groups in total. The van der Waals surface area contributed by atoms with Gasteiger partial charge in [-0.15, -0.1) is 0 Å². The number of hydrogen-bond donors (Lipinski definition) is 0. The second kappa shape index (κ2) is 4.33. The van der Waals surface area contributed by atoms with Crippen molar-refractivity contribution in [1.29, 1.82) is 0 Å². The van der Waals surface area contributed by atoms with Gasteiger partial charge in [0.1, 0.15) is 7.05 Å². The molecule has 1 heterocycles. The molecule has 1 aromatic heterocycles. The summed E-state index contributed by atoms with van der Waals surface area (Å²) >= 11 is 0. The fourth-order valence-corrected chi connectivity index (χ4v) is 2.43. The third kappa shape index (κ3) is 1.97. The fourth-order valence-electron chi connectivity index (χ4n) is 2.43. The summed E-state index contributed by atoms with van der Waals surface area (Å²) in [5.41, 5.74) is 8.00. The highest BCUT2D eigenvalue weighted by atomic mass is 14.9. The van der Waals surface area contributed by atoms with Gasteiger partial charge in [-0.1, -0.05) is 18.2 Å². The summed E-state index contributed by atoms with van der Waals surface area (Å²) in [5, 5.41) is 0. The summed E-state index contributed by atoms with van der Waals surface area (Å²) in [6.45, 7) is 8.70. The third-order valence-electron chi connectivity index (χ3n) is 3.53. The average Bonchev–Trinajstić information content (AvgIpc) is 2.28. The molecule has 17 heavy (non-hydrogen) atoms. The van der Waals surface area contributed by atoms with Gasteiger partial charge in [0.25, 0.3) is 0 Å². The number of benzene rings is 1. The summed E-state index contributed by atoms with van der Waals surface area (Å²) in [5.74, 6) is 0. The van der Waals surface area contributed by atoms with Gasteiger partial charge in [0.05, 0.1) is 5.56 Å². The summed E-state index contributed by atoms with van der Waals surface area (Å²) in [7, 11) is 2.14. The van der Waals surface area contributed by atoms with Crippen molar-refractivity contribution in [2.24, 2.45) is 7.05 Å². The maximum atomic E-state index is 2.28. The van der Waals surface area contributed by atoms with Gasteiger partial charge in [0.2, 0.25) is 5.69 Å². The van der Waals surface area contributed by atoms with E-state index in [4.69, 9.17) is 0 Å². The molecule has 0 saturated carbocycles. The first kappa shape index (κ1) is 11.8.